The van der Waals surface area contributed by atoms with Gasteiger partial charge in [0, 0.05) is 11.1 Å². The van der Waals surface area contributed by atoms with Crippen molar-refractivity contribution in [2.75, 3.05) is 0 Å². The van der Waals surface area contributed by atoms with Gasteiger partial charge in [-0.25, -0.2) is 4.99 Å². The summed E-state index contributed by atoms with van der Waals surface area (Å²) in [5.74, 6) is 0.518. The summed E-state index contributed by atoms with van der Waals surface area (Å²) in [7, 11) is 0. The van der Waals surface area contributed by atoms with Crippen LogP contribution >= 0.6 is 0 Å². The van der Waals surface area contributed by atoms with Crippen LogP contribution in [0.2, 0.25) is 0 Å². The predicted octanol–water partition coefficient (Wildman–Crippen LogP) is 4.39. The normalized spacial score (nSPS) is 11.3. The summed E-state index contributed by atoms with van der Waals surface area (Å²) in [5.41, 5.74) is 11.0. The first-order valence-electron chi connectivity index (χ1n) is 7.80. The molecule has 118 valence electrons. The van der Waals surface area contributed by atoms with Gasteiger partial charge in [-0.15, -0.1) is 0 Å². The van der Waals surface area contributed by atoms with E-state index in [9.17, 15) is 0 Å². The van der Waals surface area contributed by atoms with Crippen molar-refractivity contribution in [3.8, 4) is 11.1 Å². The third-order valence-electron chi connectivity index (χ3n) is 3.89. The minimum atomic E-state index is 0.166. The molecule has 24 heavy (non-hydrogen) atoms. The highest BCUT2D eigenvalue weighted by atomic mass is 14.9. The highest BCUT2D eigenvalue weighted by Crippen LogP contribution is 2.24. The summed E-state index contributed by atoms with van der Waals surface area (Å²) in [6, 6.07) is 25.6. The molecule has 0 radical (unpaired) electrons. The SMILES string of the molecule is Cc1cc(C(=N)N=C(N)c2ccccc2)ccc1-c1ccccc1. The van der Waals surface area contributed by atoms with Gasteiger partial charge in [0.15, 0.2) is 5.84 Å². The second-order valence-electron chi connectivity index (χ2n) is 5.61. The molecule has 0 bridgehead atoms. The van der Waals surface area contributed by atoms with Crippen LogP contribution in [0.15, 0.2) is 83.9 Å². The molecule has 0 aliphatic rings. The first-order valence-corrected chi connectivity index (χ1v) is 7.80. The predicted molar refractivity (Wildman–Crippen MR) is 101 cm³/mol. The Morgan fingerprint density at radius 3 is 2.08 bits per heavy atom. The average molecular weight is 313 g/mol. The van der Waals surface area contributed by atoms with Crippen LogP contribution in [-0.2, 0) is 0 Å². The molecule has 0 fully saturated rings. The van der Waals surface area contributed by atoms with Crippen molar-refractivity contribution in [1.29, 1.82) is 5.41 Å². The Labute approximate surface area is 142 Å². The van der Waals surface area contributed by atoms with Gasteiger partial charge in [0.2, 0.25) is 0 Å². The van der Waals surface area contributed by atoms with Crippen LogP contribution < -0.4 is 5.73 Å². The number of aliphatic imine (C=N–C) groups is 1. The molecule has 3 N–H and O–H groups in total. The zero-order valence-corrected chi connectivity index (χ0v) is 13.5. The summed E-state index contributed by atoms with van der Waals surface area (Å²) < 4.78 is 0. The molecule has 0 amide bonds. The molecule has 0 unspecified atom stereocenters. The van der Waals surface area contributed by atoms with E-state index in [1.807, 2.05) is 73.7 Å². The number of aryl methyl sites for hydroxylation is 1. The molecule has 3 aromatic carbocycles. The van der Waals surface area contributed by atoms with E-state index in [1.54, 1.807) is 0 Å². The first kappa shape index (κ1) is 15.7. The van der Waals surface area contributed by atoms with E-state index in [1.165, 1.54) is 5.56 Å². The van der Waals surface area contributed by atoms with Gasteiger partial charge in [0.25, 0.3) is 0 Å². The average Bonchev–Trinajstić information content (AvgIpc) is 2.63. The molecule has 0 spiro atoms. The van der Waals surface area contributed by atoms with Crippen molar-refractivity contribution in [2.45, 2.75) is 6.92 Å². The fourth-order valence-corrected chi connectivity index (χ4v) is 2.61. The molecule has 0 saturated carbocycles. The summed E-state index contributed by atoms with van der Waals surface area (Å²) in [4.78, 5) is 4.24. The van der Waals surface area contributed by atoms with Gasteiger partial charge in [0.05, 0.1) is 0 Å². The summed E-state index contributed by atoms with van der Waals surface area (Å²) in [6.45, 7) is 2.05. The maximum atomic E-state index is 8.21. The zero-order valence-electron chi connectivity index (χ0n) is 13.5. The Morgan fingerprint density at radius 1 is 0.833 bits per heavy atom. The van der Waals surface area contributed by atoms with E-state index in [-0.39, 0.29) is 5.84 Å². The molecule has 0 aliphatic carbocycles. The van der Waals surface area contributed by atoms with Crippen LogP contribution in [0.5, 0.6) is 0 Å². The number of hydrogen-bond donors (Lipinski definition) is 2. The quantitative estimate of drug-likeness (QED) is 0.546. The summed E-state index contributed by atoms with van der Waals surface area (Å²) in [5, 5.41) is 8.21. The Morgan fingerprint density at radius 2 is 1.46 bits per heavy atom. The van der Waals surface area contributed by atoms with Crippen molar-refractivity contribution in [3.63, 3.8) is 0 Å². The Balaban J connectivity index is 1.88. The van der Waals surface area contributed by atoms with Gasteiger partial charge in [-0.05, 0) is 29.7 Å². The second-order valence-corrected chi connectivity index (χ2v) is 5.61. The zero-order chi connectivity index (χ0) is 16.9. The van der Waals surface area contributed by atoms with Crippen LogP contribution in [0.4, 0.5) is 0 Å². The second kappa shape index (κ2) is 6.92. The Hall–Kier alpha value is -3.20. The van der Waals surface area contributed by atoms with E-state index >= 15 is 0 Å². The lowest BCUT2D eigenvalue weighted by molar-refractivity contribution is 1.37. The van der Waals surface area contributed by atoms with E-state index in [2.05, 4.69) is 17.1 Å². The minimum absolute atomic E-state index is 0.166. The lowest BCUT2D eigenvalue weighted by Crippen LogP contribution is -2.15. The lowest BCUT2D eigenvalue weighted by Gasteiger charge is -2.09. The Bertz CT molecular complexity index is 881. The Kier molecular flexibility index (Phi) is 4.52. The fourth-order valence-electron chi connectivity index (χ4n) is 2.61. The highest BCUT2D eigenvalue weighted by molar-refractivity contribution is 6.09. The number of nitrogens with two attached hydrogens (primary N) is 1. The van der Waals surface area contributed by atoms with Gasteiger partial charge >= 0.3 is 0 Å². The van der Waals surface area contributed by atoms with E-state index in [0.29, 0.717) is 5.84 Å². The molecule has 3 heteroatoms. The van der Waals surface area contributed by atoms with Gasteiger partial charge in [-0.1, -0.05) is 72.8 Å². The van der Waals surface area contributed by atoms with Crippen molar-refractivity contribution in [2.24, 2.45) is 10.7 Å². The summed E-state index contributed by atoms with van der Waals surface area (Å²) in [6.07, 6.45) is 0. The molecule has 0 saturated heterocycles. The molecule has 0 heterocycles. The van der Waals surface area contributed by atoms with Crippen molar-refractivity contribution < 1.29 is 0 Å². The van der Waals surface area contributed by atoms with Crippen molar-refractivity contribution in [1.82, 2.24) is 0 Å². The minimum Gasteiger partial charge on any atom is -0.383 e. The number of hydrogen-bond acceptors (Lipinski definition) is 1. The van der Waals surface area contributed by atoms with E-state index in [0.717, 1.165) is 22.3 Å². The monoisotopic (exact) mass is 313 g/mol. The molecule has 0 atom stereocenters. The number of amidine groups is 2. The van der Waals surface area contributed by atoms with E-state index < -0.39 is 0 Å². The van der Waals surface area contributed by atoms with Gasteiger partial charge < -0.3 is 5.73 Å². The van der Waals surface area contributed by atoms with Crippen LogP contribution in [0.25, 0.3) is 11.1 Å². The maximum absolute atomic E-state index is 8.21. The fraction of sp³-hybridized carbons (Fsp3) is 0.0476. The van der Waals surface area contributed by atoms with Crippen molar-refractivity contribution in [3.05, 3.63) is 95.6 Å². The van der Waals surface area contributed by atoms with Crippen molar-refractivity contribution >= 4 is 11.7 Å². The van der Waals surface area contributed by atoms with Crippen LogP contribution in [0.1, 0.15) is 16.7 Å². The van der Waals surface area contributed by atoms with Crippen LogP contribution in [0.3, 0.4) is 0 Å². The van der Waals surface area contributed by atoms with Crippen LogP contribution in [0, 0.1) is 12.3 Å². The largest absolute Gasteiger partial charge is 0.383 e. The third kappa shape index (κ3) is 3.41. The molecular weight excluding hydrogens is 294 g/mol. The first-order chi connectivity index (χ1) is 11.6. The lowest BCUT2D eigenvalue weighted by atomic mass is 9.98. The molecule has 3 nitrogen and oxygen atoms in total. The molecule has 3 aromatic rings. The summed E-state index contributed by atoms with van der Waals surface area (Å²) >= 11 is 0. The number of benzene rings is 3. The third-order valence-corrected chi connectivity index (χ3v) is 3.89. The standard InChI is InChI=1S/C21H19N3/c1-15-14-18(12-13-19(15)16-8-4-2-5-9-16)21(23)24-20(22)17-10-6-3-7-11-17/h2-14H,1H3,(H3,22,23,24). The topological polar surface area (TPSA) is 62.2 Å². The van der Waals surface area contributed by atoms with Gasteiger partial charge in [0.1, 0.15) is 5.84 Å². The number of nitrogens with zero attached hydrogens (tertiary/aromatic N) is 1. The van der Waals surface area contributed by atoms with Gasteiger partial charge in [-0.3, -0.25) is 5.41 Å². The molecular formula is C21H19N3. The van der Waals surface area contributed by atoms with E-state index in [4.69, 9.17) is 11.1 Å². The van der Waals surface area contributed by atoms with Crippen LogP contribution in [-0.4, -0.2) is 11.7 Å². The smallest absolute Gasteiger partial charge is 0.154 e. The van der Waals surface area contributed by atoms with Gasteiger partial charge in [-0.2, -0.15) is 0 Å². The molecule has 3 rings (SSSR count). The molecule has 0 aliphatic heterocycles. The highest BCUT2D eigenvalue weighted by Gasteiger charge is 2.07. The maximum Gasteiger partial charge on any atom is 0.154 e. The molecule has 0 aromatic heterocycles. The number of rotatable bonds is 3. The number of nitrogens with one attached hydrogen (secondary N) is 1.